The molecule has 15 aromatic carbocycles. The van der Waals surface area contributed by atoms with E-state index in [2.05, 4.69) is 79.8 Å². The molecule has 0 amide bonds. The Morgan fingerprint density at radius 2 is 0.938 bits per heavy atom. The molecule has 0 saturated heterocycles. The first kappa shape index (κ1) is 36.6. The average Bonchev–Trinajstić information content (AvgIpc) is 1.55. The van der Waals surface area contributed by atoms with Crippen molar-refractivity contribution in [3.05, 3.63) is 333 Å². The lowest BCUT2D eigenvalue weighted by atomic mass is 9.33. The Kier molecular flexibility index (Phi) is 7.78. The molecule has 4 aromatic heterocycles. The van der Waals surface area contributed by atoms with E-state index in [1.54, 1.807) is 18.2 Å². The zero-order valence-electron chi connectivity index (χ0n) is 71.5. The second-order valence-electron chi connectivity index (χ2n) is 24.4. The van der Waals surface area contributed by atoms with Gasteiger partial charge in [-0.3, -0.25) is 0 Å². The number of benzene rings is 15. The van der Waals surface area contributed by atoms with Gasteiger partial charge < -0.3 is 23.8 Å². The van der Waals surface area contributed by atoms with Gasteiger partial charge in [0.05, 0.1) is 67.6 Å². The van der Waals surface area contributed by atoms with Crippen LogP contribution in [0, 0.1) is 0 Å². The monoisotopic (exact) mass is 1240 g/mol. The standard InChI is InChI=1S/C90H56BN5/c1-4-23-56(24-5-1)58-43-47-62(48-44-58)94-83-51-60(57-25-6-2-7-26-57)45-49-76(83)91-77-54-63(93-79-40-19-16-35-70(79)71-36-17-20-41-80(71)93)53-75-74-52-61(92-78-39-18-14-29-64(78)59-27-8-3-9-28-59)46-50-82(74)96(89(75)77)85-55-84-86(90(94)87(85)91)73-38-22-37-72-68-33-13-11-31-66(68)65-30-10-12-32-67(65)69-34-15-21-42-81(69)95(84)88(72)73/h1-55,92H/i2D,3D,6D,7D,8D,9D,14D,16D,17D,18D,19D,20D,25D,26D,27D,29D,35D,36D,39D,40D,41D. The first-order valence-electron chi connectivity index (χ1n) is 42.0. The number of hydrogen-bond donors (Lipinski definition) is 1. The summed E-state index contributed by atoms with van der Waals surface area (Å²) in [6, 6.07) is 55.8. The molecule has 0 unspecified atom stereocenters. The Morgan fingerprint density at radius 1 is 0.312 bits per heavy atom. The molecular formula is C90H56BN5. The highest BCUT2D eigenvalue weighted by Crippen LogP contribution is 2.51. The van der Waals surface area contributed by atoms with Crippen LogP contribution < -0.4 is 26.6 Å². The number of rotatable bonds is 7. The summed E-state index contributed by atoms with van der Waals surface area (Å²) in [6.45, 7) is -0.919. The molecule has 0 bridgehead atoms. The largest absolute Gasteiger partial charge is 0.355 e. The highest BCUT2D eigenvalue weighted by molar-refractivity contribution is 7.00. The minimum Gasteiger partial charge on any atom is -0.355 e. The Hall–Kier alpha value is -12.6. The zero-order valence-corrected chi connectivity index (χ0v) is 50.5. The number of nitrogens with zero attached hydrogens (tertiary/aromatic N) is 4. The third kappa shape index (κ3) is 7.58. The van der Waals surface area contributed by atoms with E-state index in [9.17, 15) is 13.7 Å². The summed E-state index contributed by atoms with van der Waals surface area (Å²) in [5, 5.41) is 11.4. The number of fused-ring (bicyclic) bond motifs is 21. The van der Waals surface area contributed by atoms with Crippen LogP contribution in [0.1, 0.15) is 28.8 Å². The minimum atomic E-state index is -0.919. The van der Waals surface area contributed by atoms with Gasteiger partial charge in [-0.2, -0.15) is 0 Å². The predicted octanol–water partition coefficient (Wildman–Crippen LogP) is 21.8. The summed E-state index contributed by atoms with van der Waals surface area (Å²) in [7, 11) is 0. The van der Waals surface area contributed by atoms with Crippen LogP contribution in [0.4, 0.5) is 28.4 Å². The third-order valence-corrected chi connectivity index (χ3v) is 19.5. The Bertz CT molecular complexity index is 7790. The molecule has 444 valence electrons. The molecule has 0 fully saturated rings. The fourth-order valence-electron chi connectivity index (χ4n) is 15.7. The molecule has 19 aromatic rings. The van der Waals surface area contributed by atoms with Crippen molar-refractivity contribution < 1.29 is 28.8 Å². The lowest BCUT2D eigenvalue weighted by Crippen LogP contribution is -2.60. The normalized spacial score (nSPS) is 15.6. The van der Waals surface area contributed by atoms with E-state index in [1.807, 2.05) is 121 Å². The van der Waals surface area contributed by atoms with E-state index >= 15 is 0 Å². The molecule has 0 aliphatic carbocycles. The van der Waals surface area contributed by atoms with Crippen LogP contribution in [-0.4, -0.2) is 20.2 Å². The Balaban J connectivity index is 0.986. The van der Waals surface area contributed by atoms with Crippen molar-refractivity contribution in [1.82, 2.24) is 13.5 Å². The van der Waals surface area contributed by atoms with E-state index in [-0.39, 0.29) is 55.6 Å². The van der Waals surface area contributed by atoms with Crippen LogP contribution in [0.25, 0.3) is 148 Å². The number of para-hydroxylation sites is 5. The predicted molar refractivity (Wildman–Crippen MR) is 408 cm³/mol. The summed E-state index contributed by atoms with van der Waals surface area (Å²) in [6.07, 6.45) is 0. The minimum absolute atomic E-state index is 0.0523. The van der Waals surface area contributed by atoms with Gasteiger partial charge in [-0.25, -0.2) is 0 Å². The van der Waals surface area contributed by atoms with E-state index < -0.39 is 134 Å². The smallest absolute Gasteiger partial charge is 0.252 e. The van der Waals surface area contributed by atoms with Crippen molar-refractivity contribution in [2.45, 2.75) is 0 Å². The first-order chi connectivity index (χ1) is 56.4. The number of aromatic nitrogens is 3. The fourth-order valence-corrected chi connectivity index (χ4v) is 15.7. The van der Waals surface area contributed by atoms with Crippen molar-refractivity contribution in [3.8, 4) is 44.8 Å². The molecule has 0 saturated carbocycles. The summed E-state index contributed by atoms with van der Waals surface area (Å²) in [4.78, 5) is 2.20. The fraction of sp³-hybridized carbons (Fsp3) is 0. The van der Waals surface area contributed by atoms with Gasteiger partial charge in [0.1, 0.15) is 0 Å². The van der Waals surface area contributed by atoms with Gasteiger partial charge in [0.25, 0.3) is 6.71 Å². The average molecular weight is 1240 g/mol. The van der Waals surface area contributed by atoms with E-state index in [1.165, 1.54) is 4.57 Å². The quantitative estimate of drug-likeness (QED) is 0.161. The van der Waals surface area contributed by atoms with Crippen molar-refractivity contribution in [2.24, 2.45) is 0 Å². The maximum Gasteiger partial charge on any atom is 0.252 e. The highest BCUT2D eigenvalue weighted by atomic mass is 15.2. The molecular weight excluding hydrogens is 1160 g/mol. The lowest BCUT2D eigenvalue weighted by Gasteiger charge is -2.41. The van der Waals surface area contributed by atoms with Gasteiger partial charge >= 0.3 is 0 Å². The van der Waals surface area contributed by atoms with Crippen LogP contribution in [0.15, 0.2) is 333 Å². The van der Waals surface area contributed by atoms with Crippen molar-refractivity contribution >= 4 is 155 Å². The van der Waals surface area contributed by atoms with Crippen LogP contribution in [0.2, 0.25) is 0 Å². The second-order valence-corrected chi connectivity index (χ2v) is 24.4. The van der Waals surface area contributed by atoms with Gasteiger partial charge in [-0.15, -0.1) is 0 Å². The van der Waals surface area contributed by atoms with Crippen LogP contribution in [0.5, 0.6) is 0 Å². The van der Waals surface area contributed by atoms with E-state index in [4.69, 9.17) is 15.1 Å². The molecule has 0 radical (unpaired) electrons. The van der Waals surface area contributed by atoms with Gasteiger partial charge in [-0.05, 0) is 145 Å². The first-order valence-corrected chi connectivity index (χ1v) is 31.5. The molecule has 6 heterocycles. The van der Waals surface area contributed by atoms with Gasteiger partial charge in [0, 0.05) is 88.3 Å². The maximum atomic E-state index is 9.90. The van der Waals surface area contributed by atoms with E-state index in [0.29, 0.717) is 61.0 Å². The van der Waals surface area contributed by atoms with Crippen molar-refractivity contribution in [1.29, 1.82) is 0 Å². The molecule has 96 heavy (non-hydrogen) atoms. The summed E-state index contributed by atoms with van der Waals surface area (Å²) in [5.74, 6) is 0. The van der Waals surface area contributed by atoms with Gasteiger partial charge in [0.2, 0.25) is 0 Å². The molecule has 5 nitrogen and oxygen atoms in total. The van der Waals surface area contributed by atoms with Crippen molar-refractivity contribution in [3.63, 3.8) is 0 Å². The zero-order chi connectivity index (χ0) is 81.0. The number of hydrogen-bond acceptors (Lipinski definition) is 2. The van der Waals surface area contributed by atoms with Crippen LogP contribution >= 0.6 is 0 Å². The van der Waals surface area contributed by atoms with Crippen molar-refractivity contribution in [2.75, 3.05) is 10.2 Å². The Morgan fingerprint density at radius 3 is 1.72 bits per heavy atom. The molecule has 6 heteroatoms. The van der Waals surface area contributed by atoms with Crippen LogP contribution in [0.3, 0.4) is 0 Å². The Labute approximate surface area is 583 Å². The van der Waals surface area contributed by atoms with Gasteiger partial charge in [0.15, 0.2) is 0 Å². The molecule has 0 spiro atoms. The summed E-state index contributed by atoms with van der Waals surface area (Å²) in [5.41, 5.74) is 9.68. The topological polar surface area (TPSA) is 29.5 Å². The third-order valence-electron chi connectivity index (χ3n) is 19.5. The second kappa shape index (κ2) is 20.4. The maximum absolute atomic E-state index is 9.90. The van der Waals surface area contributed by atoms with E-state index in [0.717, 1.165) is 82.3 Å². The molecule has 0 atom stereocenters. The highest BCUT2D eigenvalue weighted by Gasteiger charge is 2.45. The van der Waals surface area contributed by atoms with Gasteiger partial charge in [-0.1, -0.05) is 254 Å². The molecule has 2 aliphatic rings. The lowest BCUT2D eigenvalue weighted by molar-refractivity contribution is 1.17. The molecule has 1 N–H and O–H groups in total. The molecule has 21 rings (SSSR count). The number of anilines is 5. The summed E-state index contributed by atoms with van der Waals surface area (Å²) < 4.78 is 200. The number of nitrogens with one attached hydrogen (secondary N) is 1. The SMILES string of the molecule is [2H]c1cc(-c2c([2H])c([2H])c([2H])c([2H])c2Nc2ccc3c(c2)c2cc(-n4c5c([2H])c([2H])c([2H])c([2H])c5c5c([2H])c([2H])c([2H])c([2H])c54)cc4c2n3-c2cc3c(c5c2B4c2ccc(-c4c([2H])c([2H])c([2H])c([2H])c4[2H])cc2N5c2ccc(-c4ccccc4)cc2)c2cccc4c5ccccc5c5ccccc5c5ccccc5n3c42)c([2H])c([2H])c1[2H]. The van der Waals surface area contributed by atoms with Crippen LogP contribution in [-0.2, 0) is 0 Å². The summed E-state index contributed by atoms with van der Waals surface area (Å²) >= 11 is 0. The molecule has 2 aliphatic heterocycles.